The molecule has 2 heterocycles. The van der Waals surface area contributed by atoms with Gasteiger partial charge in [0.25, 0.3) is 0 Å². The van der Waals surface area contributed by atoms with Crippen molar-refractivity contribution in [3.05, 3.63) is 0 Å². The van der Waals surface area contributed by atoms with Crippen LogP contribution in [0.4, 0.5) is 0 Å². The van der Waals surface area contributed by atoms with Crippen LogP contribution in [0.25, 0.3) is 0 Å². The van der Waals surface area contributed by atoms with Gasteiger partial charge in [-0.25, -0.2) is 8.42 Å². The molecule has 2 aliphatic carbocycles. The first-order valence-electron chi connectivity index (χ1n) is 13.9. The van der Waals surface area contributed by atoms with E-state index in [1.54, 1.807) is 0 Å². The topological polar surface area (TPSA) is 58.4 Å². The molecule has 0 aromatic heterocycles. The van der Waals surface area contributed by atoms with Crippen molar-refractivity contribution in [3.63, 3.8) is 0 Å². The molecule has 8 atom stereocenters. The smallest absolute Gasteiger partial charge is 0.235 e. The SMILES string of the molecule is CCC(C)(C)C1CCC(OCCCN2C3(CCC4NC(C)SC4C3)S2(=O)=O)C(C(C)(C)CC)C1. The van der Waals surface area contributed by atoms with Crippen molar-refractivity contribution in [2.75, 3.05) is 13.2 Å². The first kappa shape index (κ1) is 27.2. The van der Waals surface area contributed by atoms with Crippen LogP contribution in [0, 0.1) is 22.7 Å². The first-order valence-corrected chi connectivity index (χ1v) is 16.3. The van der Waals surface area contributed by atoms with Gasteiger partial charge in [0.15, 0.2) is 4.87 Å². The Morgan fingerprint density at radius 1 is 1.09 bits per heavy atom. The maximum atomic E-state index is 13.0. The Labute approximate surface area is 214 Å². The molecule has 4 aliphatic rings. The van der Waals surface area contributed by atoms with Crippen LogP contribution >= 0.6 is 11.8 Å². The Morgan fingerprint density at radius 2 is 1.79 bits per heavy atom. The van der Waals surface area contributed by atoms with E-state index >= 15 is 0 Å². The molecule has 0 amide bonds. The molecule has 1 N–H and O–H groups in total. The van der Waals surface area contributed by atoms with Crippen LogP contribution in [0.5, 0.6) is 0 Å². The van der Waals surface area contributed by atoms with Gasteiger partial charge in [-0.1, -0.05) is 54.4 Å². The number of ether oxygens (including phenoxy) is 1. The van der Waals surface area contributed by atoms with Gasteiger partial charge in [-0.3, -0.25) is 0 Å². The summed E-state index contributed by atoms with van der Waals surface area (Å²) in [5.41, 5.74) is 0.655. The van der Waals surface area contributed by atoms with Crippen molar-refractivity contribution in [1.82, 2.24) is 9.62 Å². The number of fused-ring (bicyclic) bond motifs is 1. The molecule has 2 saturated heterocycles. The zero-order valence-electron chi connectivity index (χ0n) is 22.7. The molecule has 1 spiro atoms. The van der Waals surface area contributed by atoms with Gasteiger partial charge in [-0.2, -0.15) is 4.31 Å². The van der Waals surface area contributed by atoms with E-state index in [9.17, 15) is 8.42 Å². The quantitative estimate of drug-likeness (QED) is 0.302. The predicted octanol–water partition coefficient (Wildman–Crippen LogP) is 6.00. The summed E-state index contributed by atoms with van der Waals surface area (Å²) in [4.78, 5) is -0.580. The summed E-state index contributed by atoms with van der Waals surface area (Å²) in [5.74, 6) is 1.33. The summed E-state index contributed by atoms with van der Waals surface area (Å²) in [6, 6.07) is 0.485. The highest BCUT2D eigenvalue weighted by molar-refractivity contribution is 8.01. The van der Waals surface area contributed by atoms with Gasteiger partial charge in [0.2, 0.25) is 10.0 Å². The van der Waals surface area contributed by atoms with Crippen molar-refractivity contribution in [2.24, 2.45) is 22.7 Å². The third-order valence-corrected chi connectivity index (χ3v) is 14.3. The molecule has 34 heavy (non-hydrogen) atoms. The summed E-state index contributed by atoms with van der Waals surface area (Å²) in [6.45, 7) is 17.8. The van der Waals surface area contributed by atoms with Gasteiger partial charge in [0, 0.05) is 24.4 Å². The van der Waals surface area contributed by atoms with Crippen LogP contribution in [0.2, 0.25) is 0 Å². The standard InChI is InChI=1S/C27H50N2O3S2/c1-8-25(4,5)20-11-12-23(21(17-20)26(6,7)9-2)32-16-10-15-29-27(34(29,30)31)14-13-22-24(18-27)33-19(3)28-22/h19-24,28H,8-18H2,1-7H3. The van der Waals surface area contributed by atoms with Gasteiger partial charge in [0.05, 0.1) is 11.5 Å². The van der Waals surface area contributed by atoms with E-state index in [0.717, 1.165) is 38.0 Å². The maximum absolute atomic E-state index is 13.0. The van der Waals surface area contributed by atoms with Crippen LogP contribution in [-0.4, -0.2) is 53.5 Å². The predicted molar refractivity (Wildman–Crippen MR) is 143 cm³/mol. The molecular weight excluding hydrogens is 464 g/mol. The molecule has 0 aromatic carbocycles. The van der Waals surface area contributed by atoms with Crippen LogP contribution in [-0.2, 0) is 14.8 Å². The maximum Gasteiger partial charge on any atom is 0.235 e. The molecule has 0 radical (unpaired) electrons. The molecule has 4 rings (SSSR count). The third-order valence-electron chi connectivity index (χ3n) is 10.4. The van der Waals surface area contributed by atoms with E-state index in [0.29, 0.717) is 47.3 Å². The van der Waals surface area contributed by atoms with Crippen LogP contribution < -0.4 is 5.32 Å². The van der Waals surface area contributed by atoms with Gasteiger partial charge < -0.3 is 10.1 Å². The zero-order chi connectivity index (χ0) is 24.9. The van der Waals surface area contributed by atoms with E-state index in [2.05, 4.69) is 53.8 Å². The van der Waals surface area contributed by atoms with Crippen LogP contribution in [0.15, 0.2) is 0 Å². The summed E-state index contributed by atoms with van der Waals surface area (Å²) in [6.07, 6.45) is 9.67. The molecule has 2 aliphatic heterocycles. The highest BCUT2D eigenvalue weighted by Gasteiger charge is 2.71. The zero-order valence-corrected chi connectivity index (χ0v) is 24.4. The number of nitrogens with zero attached hydrogens (tertiary/aromatic N) is 1. The molecule has 4 fully saturated rings. The summed E-state index contributed by atoms with van der Waals surface area (Å²) in [5, 5.41) is 4.49. The molecule has 5 nitrogen and oxygen atoms in total. The number of nitrogens with one attached hydrogen (secondary N) is 1. The molecule has 0 aromatic rings. The normalized spacial score (nSPS) is 42.0. The lowest BCUT2D eigenvalue weighted by molar-refractivity contribution is -0.0806. The minimum Gasteiger partial charge on any atom is -0.378 e. The monoisotopic (exact) mass is 514 g/mol. The number of hydrogen-bond acceptors (Lipinski definition) is 5. The summed E-state index contributed by atoms with van der Waals surface area (Å²) >= 11 is 1.92. The fraction of sp³-hybridized carbons (Fsp3) is 1.00. The lowest BCUT2D eigenvalue weighted by atomic mass is 9.60. The number of hydrogen-bond donors (Lipinski definition) is 1. The molecule has 0 bridgehead atoms. The lowest BCUT2D eigenvalue weighted by Gasteiger charge is -2.48. The fourth-order valence-electron chi connectivity index (χ4n) is 7.09. The number of sulfonamides is 1. The van der Waals surface area contributed by atoms with Gasteiger partial charge in [-0.15, -0.1) is 11.8 Å². The highest BCUT2D eigenvalue weighted by Crippen LogP contribution is 2.56. The van der Waals surface area contributed by atoms with Crippen LogP contribution in [0.3, 0.4) is 0 Å². The Bertz CT molecular complexity index is 830. The average Bonchev–Trinajstić information content (AvgIpc) is 3.04. The minimum absolute atomic E-state index is 0.267. The van der Waals surface area contributed by atoms with E-state index in [-0.39, 0.29) is 5.41 Å². The largest absolute Gasteiger partial charge is 0.378 e. The molecule has 8 unspecified atom stereocenters. The van der Waals surface area contributed by atoms with E-state index in [1.807, 2.05) is 16.1 Å². The second-order valence-corrected chi connectivity index (χ2v) is 16.7. The van der Waals surface area contributed by atoms with E-state index < -0.39 is 14.9 Å². The van der Waals surface area contributed by atoms with Crippen molar-refractivity contribution < 1.29 is 13.2 Å². The summed E-state index contributed by atoms with van der Waals surface area (Å²) < 4.78 is 34.3. The molecule has 2 saturated carbocycles. The van der Waals surface area contributed by atoms with E-state index in [4.69, 9.17) is 4.74 Å². The van der Waals surface area contributed by atoms with Crippen LogP contribution in [0.1, 0.15) is 106 Å². The first-order chi connectivity index (χ1) is 15.9. The van der Waals surface area contributed by atoms with Crippen molar-refractivity contribution in [2.45, 2.75) is 134 Å². The van der Waals surface area contributed by atoms with Crippen molar-refractivity contribution in [1.29, 1.82) is 0 Å². The number of thioether (sulfide) groups is 1. The average molecular weight is 515 g/mol. The van der Waals surface area contributed by atoms with Crippen molar-refractivity contribution >= 4 is 21.8 Å². The third kappa shape index (κ3) is 4.87. The summed E-state index contributed by atoms with van der Waals surface area (Å²) in [7, 11) is -3.11. The van der Waals surface area contributed by atoms with Crippen molar-refractivity contribution in [3.8, 4) is 0 Å². The highest BCUT2D eigenvalue weighted by atomic mass is 32.2. The minimum atomic E-state index is -3.11. The van der Waals surface area contributed by atoms with E-state index in [1.165, 1.54) is 25.7 Å². The fourth-order valence-corrected chi connectivity index (χ4v) is 11.1. The Hall–Kier alpha value is 0.180. The second-order valence-electron chi connectivity index (χ2n) is 12.9. The second kappa shape index (κ2) is 9.81. The molecule has 7 heteroatoms. The van der Waals surface area contributed by atoms with Gasteiger partial charge in [-0.05, 0) is 74.5 Å². The van der Waals surface area contributed by atoms with Gasteiger partial charge >= 0.3 is 0 Å². The molecule has 198 valence electrons. The Kier molecular flexibility index (Phi) is 7.85. The number of rotatable bonds is 9. The molecular formula is C27H50N2O3S2. The Balaban J connectivity index is 1.31. The Morgan fingerprint density at radius 3 is 2.47 bits per heavy atom. The van der Waals surface area contributed by atoms with Gasteiger partial charge in [0.1, 0.15) is 0 Å². The lowest BCUT2D eigenvalue weighted by Crippen LogP contribution is -2.43.